The van der Waals surface area contributed by atoms with Gasteiger partial charge in [0.1, 0.15) is 0 Å². The minimum Gasteiger partial charge on any atom is -0.378 e. The number of thioether (sulfide) groups is 1. The van der Waals surface area contributed by atoms with Crippen LogP contribution in [0.1, 0.15) is 61.0 Å². The third-order valence-electron chi connectivity index (χ3n) is 5.60. The Bertz CT molecular complexity index is 810. The first-order valence-electron chi connectivity index (χ1n) is 10.2. The average Bonchev–Trinajstić information content (AvgIpc) is 3.51. The molecule has 0 N–H and O–H groups in total. The van der Waals surface area contributed by atoms with Crippen molar-refractivity contribution in [2.24, 2.45) is 0 Å². The van der Waals surface area contributed by atoms with Gasteiger partial charge in [-0.25, -0.2) is 0 Å². The zero-order valence-electron chi connectivity index (χ0n) is 16.6. The van der Waals surface area contributed by atoms with E-state index < -0.39 is 0 Å². The summed E-state index contributed by atoms with van der Waals surface area (Å²) in [5, 5.41) is 9.71. The van der Waals surface area contributed by atoms with Crippen molar-refractivity contribution in [3.05, 3.63) is 35.4 Å². The van der Waals surface area contributed by atoms with Gasteiger partial charge in [0.15, 0.2) is 10.9 Å². The molecule has 6 nitrogen and oxygen atoms in total. The first-order valence-corrected chi connectivity index (χ1v) is 11.2. The number of hydrogen-bond acceptors (Lipinski definition) is 6. The number of hydrogen-bond donors (Lipinski definition) is 0. The standard InChI is InChI=1S/C21H28N4O2S/c1-3-15(2)16-4-6-17(7-5-16)19(26)14-28-21-23-22-20(25(21)18-8-9-18)24-10-12-27-13-11-24/h4-7,15,18H,3,8-14H2,1-2H3. The third kappa shape index (κ3) is 4.25. The first kappa shape index (κ1) is 19.5. The van der Waals surface area contributed by atoms with Gasteiger partial charge in [0, 0.05) is 24.7 Å². The van der Waals surface area contributed by atoms with Crippen LogP contribution in [0.25, 0.3) is 0 Å². The van der Waals surface area contributed by atoms with Gasteiger partial charge in [0.2, 0.25) is 5.95 Å². The van der Waals surface area contributed by atoms with Gasteiger partial charge in [-0.2, -0.15) is 0 Å². The summed E-state index contributed by atoms with van der Waals surface area (Å²) in [5.41, 5.74) is 2.06. The van der Waals surface area contributed by atoms with Gasteiger partial charge in [0.05, 0.1) is 19.0 Å². The number of anilines is 1. The molecule has 2 heterocycles. The number of Topliss-reactive ketones (excluding diaryl/α,β-unsaturated/α-hetero) is 1. The first-order chi connectivity index (χ1) is 13.7. The van der Waals surface area contributed by atoms with Crippen molar-refractivity contribution in [1.29, 1.82) is 0 Å². The fraction of sp³-hybridized carbons (Fsp3) is 0.571. The molecule has 1 unspecified atom stereocenters. The van der Waals surface area contributed by atoms with E-state index in [-0.39, 0.29) is 5.78 Å². The molecule has 2 aliphatic rings. The van der Waals surface area contributed by atoms with Crippen molar-refractivity contribution >= 4 is 23.5 Å². The van der Waals surface area contributed by atoms with Gasteiger partial charge < -0.3 is 9.64 Å². The van der Waals surface area contributed by atoms with E-state index in [0.29, 0.717) is 17.7 Å². The predicted molar refractivity (Wildman–Crippen MR) is 112 cm³/mol. The Kier molecular flexibility index (Phi) is 6.01. The summed E-state index contributed by atoms with van der Waals surface area (Å²) in [6.07, 6.45) is 3.42. The summed E-state index contributed by atoms with van der Waals surface area (Å²) in [6, 6.07) is 8.54. The summed E-state index contributed by atoms with van der Waals surface area (Å²) in [7, 11) is 0. The lowest BCUT2D eigenvalue weighted by Crippen LogP contribution is -2.38. The molecule has 1 aliphatic heterocycles. The van der Waals surface area contributed by atoms with Crippen LogP contribution >= 0.6 is 11.8 Å². The lowest BCUT2D eigenvalue weighted by Gasteiger charge is -2.27. The number of carbonyl (C=O) groups is 1. The highest BCUT2D eigenvalue weighted by atomic mass is 32.2. The van der Waals surface area contributed by atoms with Crippen molar-refractivity contribution in [2.75, 3.05) is 37.0 Å². The summed E-state index contributed by atoms with van der Waals surface area (Å²) in [6.45, 7) is 7.54. The maximum absolute atomic E-state index is 12.7. The van der Waals surface area contributed by atoms with Crippen LogP contribution in [-0.2, 0) is 4.74 Å². The smallest absolute Gasteiger partial charge is 0.228 e. The topological polar surface area (TPSA) is 60.3 Å². The Morgan fingerprint density at radius 3 is 2.57 bits per heavy atom. The van der Waals surface area contributed by atoms with E-state index in [4.69, 9.17) is 4.74 Å². The van der Waals surface area contributed by atoms with Crippen LogP contribution in [0, 0.1) is 0 Å². The van der Waals surface area contributed by atoms with E-state index in [1.807, 2.05) is 12.1 Å². The lowest BCUT2D eigenvalue weighted by molar-refractivity contribution is 0.102. The molecule has 1 saturated heterocycles. The zero-order valence-corrected chi connectivity index (χ0v) is 17.5. The van der Waals surface area contributed by atoms with E-state index in [9.17, 15) is 4.79 Å². The molecular formula is C21H28N4O2S. The minimum atomic E-state index is 0.138. The normalized spacial score (nSPS) is 18.3. The Balaban J connectivity index is 1.43. The highest BCUT2D eigenvalue weighted by molar-refractivity contribution is 7.99. The molecule has 1 atom stereocenters. The largest absolute Gasteiger partial charge is 0.378 e. The maximum atomic E-state index is 12.7. The Morgan fingerprint density at radius 2 is 1.93 bits per heavy atom. The molecule has 28 heavy (non-hydrogen) atoms. The molecule has 2 fully saturated rings. The summed E-state index contributed by atoms with van der Waals surface area (Å²) in [5.74, 6) is 1.98. The summed E-state index contributed by atoms with van der Waals surface area (Å²) in [4.78, 5) is 14.9. The van der Waals surface area contributed by atoms with Crippen LogP contribution in [-0.4, -0.2) is 52.6 Å². The van der Waals surface area contributed by atoms with Crippen molar-refractivity contribution in [3.8, 4) is 0 Å². The number of morpholine rings is 1. The number of rotatable bonds is 8. The molecule has 0 spiro atoms. The second-order valence-corrected chi connectivity index (χ2v) is 8.57. The number of ketones is 1. The van der Waals surface area contributed by atoms with Crippen LogP contribution in [0.3, 0.4) is 0 Å². The second kappa shape index (κ2) is 8.66. The van der Waals surface area contributed by atoms with Crippen molar-refractivity contribution < 1.29 is 9.53 Å². The van der Waals surface area contributed by atoms with Gasteiger partial charge in [-0.15, -0.1) is 10.2 Å². The van der Waals surface area contributed by atoms with E-state index >= 15 is 0 Å². The van der Waals surface area contributed by atoms with Crippen molar-refractivity contribution in [1.82, 2.24) is 14.8 Å². The van der Waals surface area contributed by atoms with Crippen molar-refractivity contribution in [2.45, 2.75) is 50.2 Å². The fourth-order valence-electron chi connectivity index (χ4n) is 3.45. The molecule has 1 aromatic heterocycles. The second-order valence-electron chi connectivity index (χ2n) is 7.63. The number of benzene rings is 1. The zero-order chi connectivity index (χ0) is 19.5. The lowest BCUT2D eigenvalue weighted by atomic mass is 9.97. The van der Waals surface area contributed by atoms with Crippen LogP contribution in [0.2, 0.25) is 0 Å². The van der Waals surface area contributed by atoms with Crippen LogP contribution in [0.15, 0.2) is 29.4 Å². The van der Waals surface area contributed by atoms with Crippen LogP contribution < -0.4 is 4.90 Å². The number of carbonyl (C=O) groups excluding carboxylic acids is 1. The number of ether oxygens (including phenoxy) is 1. The monoisotopic (exact) mass is 400 g/mol. The summed E-state index contributed by atoms with van der Waals surface area (Å²) >= 11 is 1.50. The van der Waals surface area contributed by atoms with E-state index in [1.165, 1.54) is 17.3 Å². The van der Waals surface area contributed by atoms with E-state index in [0.717, 1.165) is 62.2 Å². The molecule has 1 saturated carbocycles. The maximum Gasteiger partial charge on any atom is 0.228 e. The fourth-order valence-corrected chi connectivity index (χ4v) is 4.34. The number of aromatic nitrogens is 3. The van der Waals surface area contributed by atoms with Crippen LogP contribution in [0.4, 0.5) is 5.95 Å². The SMILES string of the molecule is CCC(C)c1ccc(C(=O)CSc2nnc(N3CCOCC3)n2C2CC2)cc1. The molecule has 1 aliphatic carbocycles. The molecular weight excluding hydrogens is 372 g/mol. The molecule has 4 rings (SSSR count). The van der Waals surface area contributed by atoms with Gasteiger partial charge in [0.25, 0.3) is 0 Å². The average molecular weight is 401 g/mol. The molecule has 1 aromatic carbocycles. The third-order valence-corrected chi connectivity index (χ3v) is 6.54. The van der Waals surface area contributed by atoms with E-state index in [2.05, 4.69) is 45.6 Å². The predicted octanol–water partition coefficient (Wildman–Crippen LogP) is 3.94. The van der Waals surface area contributed by atoms with Gasteiger partial charge in [-0.05, 0) is 30.7 Å². The van der Waals surface area contributed by atoms with Gasteiger partial charge >= 0.3 is 0 Å². The molecule has 0 amide bonds. The Labute approximate surface area is 170 Å². The van der Waals surface area contributed by atoms with Gasteiger partial charge in [-0.1, -0.05) is 49.9 Å². The molecule has 2 aromatic rings. The summed E-state index contributed by atoms with van der Waals surface area (Å²) < 4.78 is 7.68. The molecule has 0 bridgehead atoms. The molecule has 150 valence electrons. The Morgan fingerprint density at radius 1 is 1.21 bits per heavy atom. The highest BCUT2D eigenvalue weighted by Gasteiger charge is 2.32. The number of nitrogens with zero attached hydrogens (tertiary/aromatic N) is 4. The molecule has 0 radical (unpaired) electrons. The van der Waals surface area contributed by atoms with E-state index in [1.54, 1.807) is 0 Å². The highest BCUT2D eigenvalue weighted by Crippen LogP contribution is 2.41. The van der Waals surface area contributed by atoms with Gasteiger partial charge in [-0.3, -0.25) is 9.36 Å². The molecule has 7 heteroatoms. The Hall–Kier alpha value is -1.86. The minimum absolute atomic E-state index is 0.138. The quantitative estimate of drug-likeness (QED) is 0.494. The van der Waals surface area contributed by atoms with Crippen molar-refractivity contribution in [3.63, 3.8) is 0 Å². The van der Waals surface area contributed by atoms with Crippen LogP contribution in [0.5, 0.6) is 0 Å².